The summed E-state index contributed by atoms with van der Waals surface area (Å²) in [6.07, 6.45) is 22.8. The third-order valence-electron chi connectivity index (χ3n) is 4.27. The summed E-state index contributed by atoms with van der Waals surface area (Å²) in [5.74, 6) is -1.81. The molecule has 4 nitrogen and oxygen atoms in total. The molecule has 2 atom stereocenters. The third-order valence-corrected chi connectivity index (χ3v) is 5.38. The van der Waals surface area contributed by atoms with E-state index in [4.69, 9.17) is 9.79 Å². The zero-order chi connectivity index (χ0) is 19.0. The van der Waals surface area contributed by atoms with Crippen LogP contribution >= 0.6 is 7.60 Å². The number of allylic oxidation sites excluding steroid dienone is 6. The van der Waals surface area contributed by atoms with Gasteiger partial charge in [-0.15, -0.1) is 0 Å². The summed E-state index contributed by atoms with van der Waals surface area (Å²) in [5, 5.41) is 9.67. The predicted octanol–water partition coefficient (Wildman–Crippen LogP) is 5.71. The summed E-state index contributed by atoms with van der Waals surface area (Å²) in [6, 6.07) is 0. The average molecular weight is 372 g/mol. The largest absolute Gasteiger partial charge is 0.380 e. The first-order valence-electron chi connectivity index (χ1n) is 9.61. The van der Waals surface area contributed by atoms with Crippen LogP contribution < -0.4 is 0 Å². The maximum atomic E-state index is 11.1. The van der Waals surface area contributed by atoms with Crippen molar-refractivity contribution in [1.29, 1.82) is 0 Å². The van der Waals surface area contributed by atoms with Crippen molar-refractivity contribution in [3.63, 3.8) is 0 Å². The quantitative estimate of drug-likeness (QED) is 0.195. The lowest BCUT2D eigenvalue weighted by Gasteiger charge is -2.22. The SMILES string of the molecule is CC/C=C\C/C=C\C/C=C\CCCCCCC(CC)C(O)P(=O)(O)O. The van der Waals surface area contributed by atoms with Gasteiger partial charge in [-0.1, -0.05) is 76.0 Å². The topological polar surface area (TPSA) is 77.8 Å². The molecule has 0 spiro atoms. The molecule has 0 aliphatic carbocycles. The molecule has 0 aromatic heterocycles. The first kappa shape index (κ1) is 24.3. The fraction of sp³-hybridized carbons (Fsp3) is 0.700. The van der Waals surface area contributed by atoms with Crippen molar-refractivity contribution in [1.82, 2.24) is 0 Å². The van der Waals surface area contributed by atoms with Crippen LogP contribution in [-0.2, 0) is 4.57 Å². The fourth-order valence-corrected chi connectivity index (χ4v) is 3.60. The number of aliphatic hydroxyl groups excluding tert-OH is 1. The van der Waals surface area contributed by atoms with Gasteiger partial charge >= 0.3 is 7.60 Å². The average Bonchev–Trinajstić information content (AvgIpc) is 2.57. The van der Waals surface area contributed by atoms with Crippen molar-refractivity contribution < 1.29 is 19.5 Å². The number of aliphatic hydroxyl groups is 1. The Morgan fingerprint density at radius 3 is 1.96 bits per heavy atom. The van der Waals surface area contributed by atoms with Crippen molar-refractivity contribution in [3.05, 3.63) is 36.5 Å². The van der Waals surface area contributed by atoms with Crippen molar-refractivity contribution in [2.45, 2.75) is 83.9 Å². The molecule has 0 aliphatic heterocycles. The van der Waals surface area contributed by atoms with Crippen LogP contribution in [0.25, 0.3) is 0 Å². The maximum absolute atomic E-state index is 11.1. The van der Waals surface area contributed by atoms with E-state index in [-0.39, 0.29) is 5.92 Å². The van der Waals surface area contributed by atoms with E-state index in [1.807, 2.05) is 6.92 Å². The zero-order valence-electron chi connectivity index (χ0n) is 15.9. The Bertz CT molecular complexity index is 437. The second kappa shape index (κ2) is 15.6. The van der Waals surface area contributed by atoms with Gasteiger partial charge in [-0.2, -0.15) is 0 Å². The molecule has 0 heterocycles. The minimum Gasteiger partial charge on any atom is -0.380 e. The van der Waals surface area contributed by atoms with Crippen LogP contribution in [-0.4, -0.2) is 20.7 Å². The molecule has 0 radical (unpaired) electrons. The molecule has 0 aliphatic rings. The second-order valence-corrected chi connectivity index (χ2v) is 8.16. The summed E-state index contributed by atoms with van der Waals surface area (Å²) in [5.41, 5.74) is 0. The highest BCUT2D eigenvalue weighted by Crippen LogP contribution is 2.45. The molecule has 0 fully saturated rings. The van der Waals surface area contributed by atoms with E-state index in [0.29, 0.717) is 12.8 Å². The standard InChI is InChI=1S/C20H37O4P/c1-3-5-6-7-8-9-10-11-12-13-14-15-16-17-18-19(4-2)20(21)25(22,23)24/h5-6,8-9,11-12,19-21H,3-4,7,10,13-18H2,1-2H3,(H2,22,23,24)/b6-5-,9-8-,12-11-. The van der Waals surface area contributed by atoms with Crippen LogP contribution in [0.3, 0.4) is 0 Å². The molecule has 5 heteroatoms. The van der Waals surface area contributed by atoms with Crippen LogP contribution in [0, 0.1) is 5.92 Å². The predicted molar refractivity (Wildman–Crippen MR) is 106 cm³/mol. The monoisotopic (exact) mass is 372 g/mol. The molecule has 0 aromatic rings. The molecule has 0 amide bonds. The van der Waals surface area contributed by atoms with Gasteiger partial charge in [0, 0.05) is 0 Å². The van der Waals surface area contributed by atoms with Gasteiger partial charge < -0.3 is 14.9 Å². The van der Waals surface area contributed by atoms with Gasteiger partial charge in [0.25, 0.3) is 0 Å². The van der Waals surface area contributed by atoms with Gasteiger partial charge in [-0.05, 0) is 44.4 Å². The van der Waals surface area contributed by atoms with Gasteiger partial charge in [0.15, 0.2) is 5.85 Å². The Morgan fingerprint density at radius 1 is 0.840 bits per heavy atom. The van der Waals surface area contributed by atoms with E-state index < -0.39 is 13.4 Å². The minimum atomic E-state index is -4.38. The van der Waals surface area contributed by atoms with Crippen molar-refractivity contribution in [2.24, 2.45) is 5.92 Å². The van der Waals surface area contributed by atoms with Crippen LogP contribution in [0.1, 0.15) is 78.1 Å². The number of rotatable bonds is 15. The molecular weight excluding hydrogens is 335 g/mol. The summed E-state index contributed by atoms with van der Waals surface area (Å²) in [4.78, 5) is 18.1. The van der Waals surface area contributed by atoms with E-state index in [1.54, 1.807) is 0 Å². The molecule has 146 valence electrons. The Morgan fingerprint density at radius 2 is 1.40 bits per heavy atom. The van der Waals surface area contributed by atoms with E-state index in [2.05, 4.69) is 43.4 Å². The number of hydrogen-bond acceptors (Lipinski definition) is 2. The molecule has 0 saturated heterocycles. The molecule has 25 heavy (non-hydrogen) atoms. The van der Waals surface area contributed by atoms with Crippen LogP contribution in [0.2, 0.25) is 0 Å². The highest BCUT2D eigenvalue weighted by Gasteiger charge is 2.32. The molecule has 0 bridgehead atoms. The van der Waals surface area contributed by atoms with Crippen LogP contribution in [0.4, 0.5) is 0 Å². The second-order valence-electron chi connectivity index (χ2n) is 6.46. The third kappa shape index (κ3) is 14.2. The molecule has 0 rings (SSSR count). The first-order valence-corrected chi connectivity index (χ1v) is 11.3. The fourth-order valence-electron chi connectivity index (χ4n) is 2.69. The van der Waals surface area contributed by atoms with Gasteiger partial charge in [-0.25, -0.2) is 0 Å². The normalized spacial score (nSPS) is 15.6. The molecule has 2 unspecified atom stereocenters. The molecule has 0 saturated carbocycles. The Kier molecular flexibility index (Phi) is 15.2. The Labute approximate surface area is 153 Å². The lowest BCUT2D eigenvalue weighted by Crippen LogP contribution is -2.19. The number of unbranched alkanes of at least 4 members (excludes halogenated alkanes) is 4. The zero-order valence-corrected chi connectivity index (χ0v) is 16.8. The molecular formula is C20H37O4P. The number of hydrogen-bond donors (Lipinski definition) is 3. The summed E-state index contributed by atoms with van der Waals surface area (Å²) in [6.45, 7) is 4.00. The van der Waals surface area contributed by atoms with E-state index in [1.165, 1.54) is 0 Å². The Hall–Kier alpha value is -0.670. The van der Waals surface area contributed by atoms with Crippen molar-refractivity contribution in [3.8, 4) is 0 Å². The first-order chi connectivity index (χ1) is 11.9. The molecule has 0 aromatic carbocycles. The van der Waals surface area contributed by atoms with Crippen molar-refractivity contribution >= 4 is 7.60 Å². The van der Waals surface area contributed by atoms with Crippen LogP contribution in [0.15, 0.2) is 36.5 Å². The van der Waals surface area contributed by atoms with E-state index in [0.717, 1.165) is 51.4 Å². The van der Waals surface area contributed by atoms with Crippen LogP contribution in [0.5, 0.6) is 0 Å². The maximum Gasteiger partial charge on any atom is 0.354 e. The summed E-state index contributed by atoms with van der Waals surface area (Å²) in [7, 11) is -4.38. The van der Waals surface area contributed by atoms with Crippen molar-refractivity contribution in [2.75, 3.05) is 0 Å². The minimum absolute atomic E-state index is 0.306. The van der Waals surface area contributed by atoms with Gasteiger partial charge in [0.05, 0.1) is 0 Å². The molecule has 3 N–H and O–H groups in total. The van der Waals surface area contributed by atoms with Gasteiger partial charge in [0.1, 0.15) is 0 Å². The van der Waals surface area contributed by atoms with Gasteiger partial charge in [0.2, 0.25) is 0 Å². The Balaban J connectivity index is 3.64. The lowest BCUT2D eigenvalue weighted by atomic mass is 9.98. The highest BCUT2D eigenvalue weighted by atomic mass is 31.2. The lowest BCUT2D eigenvalue weighted by molar-refractivity contribution is 0.135. The highest BCUT2D eigenvalue weighted by molar-refractivity contribution is 7.52. The van der Waals surface area contributed by atoms with Gasteiger partial charge in [-0.3, -0.25) is 4.57 Å². The van der Waals surface area contributed by atoms with E-state index >= 15 is 0 Å². The smallest absolute Gasteiger partial charge is 0.354 e. The summed E-state index contributed by atoms with van der Waals surface area (Å²) < 4.78 is 11.1. The summed E-state index contributed by atoms with van der Waals surface area (Å²) >= 11 is 0. The van der Waals surface area contributed by atoms with E-state index in [9.17, 15) is 9.67 Å².